The summed E-state index contributed by atoms with van der Waals surface area (Å²) in [5.74, 6) is 1.15. The van der Waals surface area contributed by atoms with Crippen molar-refractivity contribution < 1.29 is 9.90 Å². The van der Waals surface area contributed by atoms with Crippen molar-refractivity contribution >= 4 is 11.6 Å². The summed E-state index contributed by atoms with van der Waals surface area (Å²) in [7, 11) is 0. The monoisotopic (exact) mass is 344 g/mol. The van der Waals surface area contributed by atoms with Crippen LogP contribution in [0.25, 0.3) is 0 Å². The molecule has 1 aliphatic heterocycles. The molecule has 4 heteroatoms. The molecule has 0 aromatic heterocycles. The number of hydrogen-bond donors (Lipinski definition) is 1. The van der Waals surface area contributed by atoms with Crippen LogP contribution < -0.4 is 4.90 Å². The molecule has 0 bridgehead atoms. The first kappa shape index (κ1) is 18.2. The summed E-state index contributed by atoms with van der Waals surface area (Å²) >= 11 is 0. The van der Waals surface area contributed by atoms with E-state index in [1.54, 1.807) is 0 Å². The molecule has 1 amide bonds. The third-order valence-corrected chi connectivity index (χ3v) is 5.58. The highest BCUT2D eigenvalue weighted by Crippen LogP contribution is 2.30. The Morgan fingerprint density at radius 3 is 2.40 bits per heavy atom. The van der Waals surface area contributed by atoms with Crippen LogP contribution in [-0.2, 0) is 0 Å². The molecule has 3 rings (SSSR count). The quantitative estimate of drug-likeness (QED) is 0.823. The summed E-state index contributed by atoms with van der Waals surface area (Å²) in [6, 6.07) is 8.52. The van der Waals surface area contributed by atoms with Crippen LogP contribution in [0.15, 0.2) is 24.3 Å². The van der Waals surface area contributed by atoms with Crippen molar-refractivity contribution in [2.24, 2.45) is 11.8 Å². The standard InChI is InChI=1S/C21H32N2O2/c1-15(2)10-13-23(20-8-9-20)21(25)17-4-6-19(7-5-17)22-12-11-18(14-22)16(3)24/h4-7,15-16,18,20,24H,8-14H2,1-3H3. The summed E-state index contributed by atoms with van der Waals surface area (Å²) < 4.78 is 0. The van der Waals surface area contributed by atoms with Gasteiger partial charge in [0.25, 0.3) is 5.91 Å². The van der Waals surface area contributed by atoms with Gasteiger partial charge in [-0.2, -0.15) is 0 Å². The molecule has 1 aromatic rings. The number of aliphatic hydroxyl groups excluding tert-OH is 1. The van der Waals surface area contributed by atoms with Gasteiger partial charge >= 0.3 is 0 Å². The Labute approximate surface area is 151 Å². The largest absolute Gasteiger partial charge is 0.393 e. The molecule has 1 aliphatic carbocycles. The highest BCUT2D eigenvalue weighted by Gasteiger charge is 2.33. The molecule has 0 spiro atoms. The number of hydrogen-bond acceptors (Lipinski definition) is 3. The van der Waals surface area contributed by atoms with E-state index in [0.717, 1.165) is 56.6 Å². The Hall–Kier alpha value is -1.55. The number of amides is 1. The minimum atomic E-state index is -0.251. The van der Waals surface area contributed by atoms with Crippen LogP contribution in [0.3, 0.4) is 0 Å². The van der Waals surface area contributed by atoms with Crippen molar-refractivity contribution in [2.75, 3.05) is 24.5 Å². The first-order chi connectivity index (χ1) is 12.0. The van der Waals surface area contributed by atoms with E-state index in [1.807, 2.05) is 19.1 Å². The highest BCUT2D eigenvalue weighted by atomic mass is 16.3. The van der Waals surface area contributed by atoms with Gasteiger partial charge in [-0.05, 0) is 62.8 Å². The molecule has 25 heavy (non-hydrogen) atoms. The fourth-order valence-corrected chi connectivity index (χ4v) is 3.63. The van der Waals surface area contributed by atoms with E-state index in [4.69, 9.17) is 0 Å². The van der Waals surface area contributed by atoms with Crippen LogP contribution in [0, 0.1) is 11.8 Å². The normalized spacial score (nSPS) is 21.6. The lowest BCUT2D eigenvalue weighted by Gasteiger charge is -2.24. The molecule has 2 unspecified atom stereocenters. The Kier molecular flexibility index (Phi) is 5.67. The zero-order chi connectivity index (χ0) is 18.0. The predicted molar refractivity (Wildman–Crippen MR) is 102 cm³/mol. The van der Waals surface area contributed by atoms with E-state index in [-0.39, 0.29) is 12.0 Å². The maximum Gasteiger partial charge on any atom is 0.254 e. The summed E-state index contributed by atoms with van der Waals surface area (Å²) in [6.45, 7) is 9.03. The topological polar surface area (TPSA) is 43.8 Å². The second kappa shape index (κ2) is 7.77. The summed E-state index contributed by atoms with van der Waals surface area (Å²) in [4.78, 5) is 17.3. The zero-order valence-corrected chi connectivity index (χ0v) is 15.8. The van der Waals surface area contributed by atoms with Gasteiger partial charge in [-0.15, -0.1) is 0 Å². The summed E-state index contributed by atoms with van der Waals surface area (Å²) in [5, 5.41) is 9.77. The van der Waals surface area contributed by atoms with Crippen LogP contribution >= 0.6 is 0 Å². The van der Waals surface area contributed by atoms with E-state index < -0.39 is 0 Å². The van der Waals surface area contributed by atoms with Crippen molar-refractivity contribution in [3.8, 4) is 0 Å². The molecule has 138 valence electrons. The van der Waals surface area contributed by atoms with Gasteiger partial charge in [0, 0.05) is 42.8 Å². The number of rotatable bonds is 7. The maximum atomic E-state index is 12.9. The van der Waals surface area contributed by atoms with Crippen LogP contribution in [0.1, 0.15) is 56.8 Å². The smallest absolute Gasteiger partial charge is 0.254 e. The van der Waals surface area contributed by atoms with E-state index in [1.165, 1.54) is 0 Å². The van der Waals surface area contributed by atoms with Gasteiger partial charge in [0.15, 0.2) is 0 Å². The average molecular weight is 344 g/mol. The van der Waals surface area contributed by atoms with E-state index in [9.17, 15) is 9.90 Å². The lowest BCUT2D eigenvalue weighted by molar-refractivity contribution is 0.0735. The van der Waals surface area contributed by atoms with Crippen LogP contribution in [0.5, 0.6) is 0 Å². The number of aliphatic hydroxyl groups is 1. The number of nitrogens with zero attached hydrogens (tertiary/aromatic N) is 2. The summed E-state index contributed by atoms with van der Waals surface area (Å²) in [5.41, 5.74) is 1.95. The Bertz CT molecular complexity index is 578. The molecule has 0 radical (unpaired) electrons. The second-order valence-electron chi connectivity index (χ2n) is 8.19. The molecule has 2 atom stereocenters. The first-order valence-corrected chi connectivity index (χ1v) is 9.79. The predicted octanol–water partition coefficient (Wildman–Crippen LogP) is 3.54. The molecule has 1 aromatic carbocycles. The molecular weight excluding hydrogens is 312 g/mol. The summed E-state index contributed by atoms with van der Waals surface area (Å²) in [6.07, 6.45) is 4.14. The van der Waals surface area contributed by atoms with Gasteiger partial charge in [0.1, 0.15) is 0 Å². The third kappa shape index (κ3) is 4.55. The van der Waals surface area contributed by atoms with Crippen molar-refractivity contribution in [1.82, 2.24) is 4.90 Å². The van der Waals surface area contributed by atoms with Crippen molar-refractivity contribution in [3.05, 3.63) is 29.8 Å². The Balaban J connectivity index is 1.64. The molecule has 2 fully saturated rings. The van der Waals surface area contributed by atoms with E-state index in [0.29, 0.717) is 17.9 Å². The van der Waals surface area contributed by atoms with Gasteiger partial charge in [0.2, 0.25) is 0 Å². The molecule has 1 saturated heterocycles. The average Bonchev–Trinajstić information content (AvgIpc) is 3.29. The number of carbonyl (C=O) groups is 1. The van der Waals surface area contributed by atoms with Gasteiger partial charge < -0.3 is 14.9 Å². The second-order valence-corrected chi connectivity index (χ2v) is 8.19. The minimum absolute atomic E-state index is 0.179. The van der Waals surface area contributed by atoms with Gasteiger partial charge in [0.05, 0.1) is 6.10 Å². The Morgan fingerprint density at radius 2 is 1.88 bits per heavy atom. The maximum absolute atomic E-state index is 12.9. The fourth-order valence-electron chi connectivity index (χ4n) is 3.63. The molecule has 4 nitrogen and oxygen atoms in total. The number of carbonyl (C=O) groups excluding carboxylic acids is 1. The van der Waals surface area contributed by atoms with Crippen molar-refractivity contribution in [1.29, 1.82) is 0 Å². The molecule has 2 aliphatic rings. The zero-order valence-electron chi connectivity index (χ0n) is 15.8. The Morgan fingerprint density at radius 1 is 1.20 bits per heavy atom. The van der Waals surface area contributed by atoms with Crippen molar-refractivity contribution in [2.45, 2.75) is 58.6 Å². The lowest BCUT2D eigenvalue weighted by atomic mass is 10.0. The molecular formula is C21H32N2O2. The SMILES string of the molecule is CC(C)CCN(C(=O)c1ccc(N2CCC(C(C)O)C2)cc1)C1CC1. The van der Waals surface area contributed by atoms with Gasteiger partial charge in [-0.1, -0.05) is 13.8 Å². The van der Waals surface area contributed by atoms with E-state index in [2.05, 4.69) is 35.8 Å². The molecule has 1 saturated carbocycles. The molecule has 1 N–H and O–H groups in total. The first-order valence-electron chi connectivity index (χ1n) is 9.79. The fraction of sp³-hybridized carbons (Fsp3) is 0.667. The number of anilines is 1. The molecule has 1 heterocycles. The van der Waals surface area contributed by atoms with Gasteiger partial charge in [-0.25, -0.2) is 0 Å². The lowest BCUT2D eigenvalue weighted by Crippen LogP contribution is -2.34. The van der Waals surface area contributed by atoms with Crippen molar-refractivity contribution in [3.63, 3.8) is 0 Å². The minimum Gasteiger partial charge on any atom is -0.393 e. The number of benzene rings is 1. The van der Waals surface area contributed by atoms with Crippen LogP contribution in [0.2, 0.25) is 0 Å². The van der Waals surface area contributed by atoms with E-state index >= 15 is 0 Å². The third-order valence-electron chi connectivity index (χ3n) is 5.58. The van der Waals surface area contributed by atoms with Crippen LogP contribution in [0.4, 0.5) is 5.69 Å². The van der Waals surface area contributed by atoms with Crippen LogP contribution in [-0.4, -0.2) is 47.7 Å². The highest BCUT2D eigenvalue weighted by molar-refractivity contribution is 5.95. The van der Waals surface area contributed by atoms with Gasteiger partial charge in [-0.3, -0.25) is 4.79 Å².